The molecule has 23 heavy (non-hydrogen) atoms. The smallest absolute Gasteiger partial charge is 0.337 e. The van der Waals surface area contributed by atoms with Crippen molar-refractivity contribution in [2.75, 3.05) is 0 Å². The van der Waals surface area contributed by atoms with Gasteiger partial charge in [0.15, 0.2) is 6.29 Å². The Hall–Kier alpha value is -2.44. The molecule has 0 aliphatic carbocycles. The number of nitrogens with one attached hydrogen (secondary N) is 1. The van der Waals surface area contributed by atoms with E-state index in [2.05, 4.69) is 4.98 Å². The van der Waals surface area contributed by atoms with E-state index < -0.39 is 23.3 Å². The number of aromatic amines is 1. The van der Waals surface area contributed by atoms with E-state index in [9.17, 15) is 19.2 Å². The number of rotatable bonds is 4. The zero-order valence-electron chi connectivity index (χ0n) is 14.2. The van der Waals surface area contributed by atoms with Gasteiger partial charge in [-0.1, -0.05) is 20.8 Å². The van der Waals surface area contributed by atoms with Gasteiger partial charge >= 0.3 is 11.9 Å². The van der Waals surface area contributed by atoms with Crippen molar-refractivity contribution in [1.29, 1.82) is 0 Å². The summed E-state index contributed by atoms with van der Waals surface area (Å²) >= 11 is 0. The van der Waals surface area contributed by atoms with E-state index in [1.54, 1.807) is 34.6 Å². The van der Waals surface area contributed by atoms with E-state index in [1.807, 2.05) is 0 Å². The minimum absolute atomic E-state index is 0.192. The molecule has 7 nitrogen and oxygen atoms in total. The number of H-pyrrole nitrogens is 1. The monoisotopic (exact) mass is 325 g/mol. The van der Waals surface area contributed by atoms with Crippen LogP contribution in [0.1, 0.15) is 59.8 Å². The molecule has 0 aromatic carbocycles. The summed E-state index contributed by atoms with van der Waals surface area (Å²) in [7, 11) is 0. The second-order valence-corrected chi connectivity index (χ2v) is 6.33. The summed E-state index contributed by atoms with van der Waals surface area (Å²) in [5.74, 6) is -3.22. The van der Waals surface area contributed by atoms with Crippen molar-refractivity contribution in [3.05, 3.63) is 22.5 Å². The molecule has 1 heterocycles. The maximum absolute atomic E-state index is 10.9. The number of aromatic nitrogens is 1. The summed E-state index contributed by atoms with van der Waals surface area (Å²) in [6, 6.07) is 0. The van der Waals surface area contributed by atoms with E-state index in [-0.39, 0.29) is 11.3 Å². The van der Waals surface area contributed by atoms with Crippen LogP contribution in [0, 0.1) is 25.2 Å². The Kier molecular flexibility index (Phi) is 6.89. The van der Waals surface area contributed by atoms with E-state index in [4.69, 9.17) is 10.2 Å². The first kappa shape index (κ1) is 20.6. The number of aldehydes is 1. The number of hydrogen-bond acceptors (Lipinski definition) is 4. The van der Waals surface area contributed by atoms with Gasteiger partial charge in [-0.15, -0.1) is 0 Å². The minimum Gasteiger partial charge on any atom is -0.481 e. The molecule has 0 radical (unpaired) electrons. The first-order valence-electron chi connectivity index (χ1n) is 6.95. The van der Waals surface area contributed by atoms with Crippen molar-refractivity contribution in [2.24, 2.45) is 11.3 Å². The molecule has 0 bridgehead atoms. The van der Waals surface area contributed by atoms with E-state index in [1.165, 1.54) is 6.92 Å². The molecular formula is C16H23NO6. The molecule has 1 unspecified atom stereocenters. The van der Waals surface area contributed by atoms with Crippen molar-refractivity contribution in [3.8, 4) is 0 Å². The molecule has 0 fully saturated rings. The molecule has 1 rings (SSSR count). The average molecular weight is 325 g/mol. The highest BCUT2D eigenvalue weighted by Gasteiger charge is 2.34. The van der Waals surface area contributed by atoms with Crippen LogP contribution in [-0.4, -0.2) is 39.2 Å². The number of aryl methyl sites for hydroxylation is 1. The van der Waals surface area contributed by atoms with Gasteiger partial charge in [-0.05, 0) is 31.7 Å². The zero-order chi connectivity index (χ0) is 18.5. The largest absolute Gasteiger partial charge is 0.481 e. The van der Waals surface area contributed by atoms with Gasteiger partial charge in [0.05, 0.1) is 11.3 Å². The van der Waals surface area contributed by atoms with Crippen LogP contribution in [0.3, 0.4) is 0 Å². The molecule has 1 aromatic heterocycles. The lowest BCUT2D eigenvalue weighted by Gasteiger charge is -2.24. The number of aliphatic carboxylic acids is 1. The standard InChI is InChI=1S/C8H9NO3.C8H14O3/c1-4-6(3-10)9-5(2)7(4)8(11)12;1-5(9)6(7(10)11)8(2,3)4/h3,9H,1-2H3,(H,11,12);6H,1-4H3,(H,10,11). The van der Waals surface area contributed by atoms with Crippen molar-refractivity contribution in [1.82, 2.24) is 4.98 Å². The van der Waals surface area contributed by atoms with E-state index in [0.29, 0.717) is 23.2 Å². The summed E-state index contributed by atoms with van der Waals surface area (Å²) in [4.78, 5) is 45.1. The summed E-state index contributed by atoms with van der Waals surface area (Å²) in [5.41, 5.74) is 1.05. The van der Waals surface area contributed by atoms with Crippen LogP contribution in [0.4, 0.5) is 0 Å². The average Bonchev–Trinajstić information content (AvgIpc) is 2.61. The van der Waals surface area contributed by atoms with Gasteiger partial charge in [0.25, 0.3) is 0 Å². The summed E-state index contributed by atoms with van der Waals surface area (Å²) < 4.78 is 0. The van der Waals surface area contributed by atoms with Gasteiger partial charge in [-0.25, -0.2) is 4.79 Å². The molecule has 7 heteroatoms. The Morgan fingerprint density at radius 2 is 1.61 bits per heavy atom. The number of hydrogen-bond donors (Lipinski definition) is 3. The quantitative estimate of drug-likeness (QED) is 0.577. The van der Waals surface area contributed by atoms with Gasteiger partial charge < -0.3 is 15.2 Å². The Morgan fingerprint density at radius 1 is 1.13 bits per heavy atom. The van der Waals surface area contributed by atoms with Crippen molar-refractivity contribution in [3.63, 3.8) is 0 Å². The number of Topliss-reactive ketones (excluding diaryl/α,β-unsaturated/α-hetero) is 1. The predicted molar refractivity (Wildman–Crippen MR) is 83.9 cm³/mol. The maximum Gasteiger partial charge on any atom is 0.337 e. The molecule has 1 aromatic rings. The highest BCUT2D eigenvalue weighted by atomic mass is 16.4. The molecule has 0 saturated heterocycles. The molecule has 128 valence electrons. The highest BCUT2D eigenvalue weighted by molar-refractivity contribution is 5.97. The number of carbonyl (C=O) groups is 4. The first-order chi connectivity index (χ1) is 10.3. The van der Waals surface area contributed by atoms with Crippen LogP contribution >= 0.6 is 0 Å². The maximum atomic E-state index is 10.9. The van der Waals surface area contributed by atoms with Crippen LogP contribution in [0.2, 0.25) is 0 Å². The molecule has 0 aliphatic heterocycles. The SMILES string of the molecule is CC(=O)C(C(=O)O)C(C)(C)C.Cc1[nH]c(C=O)c(C)c1C(=O)O. The first-order valence-corrected chi connectivity index (χ1v) is 6.95. The third kappa shape index (κ3) is 5.36. The molecule has 1 atom stereocenters. The fraction of sp³-hybridized carbons (Fsp3) is 0.500. The van der Waals surface area contributed by atoms with Crippen molar-refractivity contribution in [2.45, 2.75) is 41.5 Å². The number of carbonyl (C=O) groups excluding carboxylic acids is 2. The summed E-state index contributed by atoms with van der Waals surface area (Å²) in [6.45, 7) is 9.78. The fourth-order valence-electron chi connectivity index (χ4n) is 2.37. The van der Waals surface area contributed by atoms with Gasteiger partial charge in [0.2, 0.25) is 0 Å². The summed E-state index contributed by atoms with van der Waals surface area (Å²) in [5, 5.41) is 17.4. The number of ketones is 1. The lowest BCUT2D eigenvalue weighted by atomic mass is 9.78. The molecule has 0 saturated carbocycles. The third-order valence-corrected chi connectivity index (χ3v) is 3.33. The lowest BCUT2D eigenvalue weighted by Crippen LogP contribution is -2.33. The van der Waals surface area contributed by atoms with Crippen LogP contribution in [0.15, 0.2) is 0 Å². The zero-order valence-corrected chi connectivity index (χ0v) is 14.2. The number of carboxylic acid groups (broad SMARTS) is 2. The lowest BCUT2D eigenvalue weighted by molar-refractivity contribution is -0.150. The third-order valence-electron chi connectivity index (χ3n) is 3.33. The summed E-state index contributed by atoms with van der Waals surface area (Å²) in [6.07, 6.45) is 0.620. The van der Waals surface area contributed by atoms with Crippen LogP contribution < -0.4 is 0 Å². The van der Waals surface area contributed by atoms with E-state index in [0.717, 1.165) is 0 Å². The van der Waals surface area contributed by atoms with Gasteiger partial charge in [-0.2, -0.15) is 0 Å². The van der Waals surface area contributed by atoms with Crippen LogP contribution in [-0.2, 0) is 9.59 Å². The highest BCUT2D eigenvalue weighted by Crippen LogP contribution is 2.26. The van der Waals surface area contributed by atoms with Crippen molar-refractivity contribution >= 4 is 24.0 Å². The number of carboxylic acids is 2. The minimum atomic E-state index is -1.04. The fourth-order valence-corrected chi connectivity index (χ4v) is 2.37. The van der Waals surface area contributed by atoms with Crippen molar-refractivity contribution < 1.29 is 29.4 Å². The Morgan fingerprint density at radius 3 is 1.74 bits per heavy atom. The Bertz CT molecular complexity index is 607. The van der Waals surface area contributed by atoms with Crippen LogP contribution in [0.25, 0.3) is 0 Å². The molecule has 0 amide bonds. The molecular weight excluding hydrogens is 302 g/mol. The Balaban J connectivity index is 0.000000423. The normalized spacial score (nSPS) is 11.9. The van der Waals surface area contributed by atoms with Gasteiger partial charge in [-0.3, -0.25) is 14.4 Å². The predicted octanol–water partition coefficient (Wildman–Crippen LogP) is 2.46. The Labute approximate surface area is 134 Å². The van der Waals surface area contributed by atoms with E-state index >= 15 is 0 Å². The molecule has 0 aliphatic rings. The van der Waals surface area contributed by atoms with Gasteiger partial charge in [0, 0.05) is 5.69 Å². The number of aromatic carboxylic acids is 1. The van der Waals surface area contributed by atoms with Gasteiger partial charge in [0.1, 0.15) is 11.7 Å². The topological polar surface area (TPSA) is 125 Å². The second kappa shape index (κ2) is 7.71. The second-order valence-electron chi connectivity index (χ2n) is 6.33. The van der Waals surface area contributed by atoms with Crippen LogP contribution in [0.5, 0.6) is 0 Å². The molecule has 3 N–H and O–H groups in total. The molecule has 0 spiro atoms.